The van der Waals surface area contributed by atoms with E-state index in [9.17, 15) is 10.1 Å². The summed E-state index contributed by atoms with van der Waals surface area (Å²) < 4.78 is 0.730. The van der Waals surface area contributed by atoms with Crippen LogP contribution in [0.4, 0.5) is 5.69 Å². The third kappa shape index (κ3) is 2.82. The molecule has 6 nitrogen and oxygen atoms in total. The molecule has 3 rings (SSSR count). The highest BCUT2D eigenvalue weighted by molar-refractivity contribution is 9.10. The molecule has 0 spiro atoms. The first-order chi connectivity index (χ1) is 10.1. The Morgan fingerprint density at radius 2 is 1.90 bits per heavy atom. The van der Waals surface area contributed by atoms with E-state index >= 15 is 0 Å². The minimum Gasteiger partial charge on any atom is -0.337 e. The van der Waals surface area contributed by atoms with Crippen LogP contribution < -0.4 is 0 Å². The zero-order valence-electron chi connectivity index (χ0n) is 10.7. The van der Waals surface area contributed by atoms with E-state index in [1.807, 2.05) is 18.2 Å². The third-order valence-corrected chi connectivity index (χ3v) is 3.36. The van der Waals surface area contributed by atoms with Crippen molar-refractivity contribution in [2.45, 2.75) is 0 Å². The molecule has 2 aromatic heterocycles. The molecule has 0 amide bonds. The molecule has 0 bridgehead atoms. The van der Waals surface area contributed by atoms with Crippen LogP contribution in [-0.2, 0) is 0 Å². The van der Waals surface area contributed by atoms with Crippen molar-refractivity contribution < 1.29 is 4.92 Å². The lowest BCUT2D eigenvalue weighted by atomic mass is 10.1. The Balaban J connectivity index is 1.93. The normalized spacial score (nSPS) is 10.5. The molecule has 0 unspecified atom stereocenters. The van der Waals surface area contributed by atoms with E-state index < -0.39 is 4.92 Å². The average Bonchev–Trinajstić information content (AvgIpc) is 2.97. The quantitative estimate of drug-likeness (QED) is 0.444. The molecule has 0 saturated heterocycles. The van der Waals surface area contributed by atoms with E-state index in [1.165, 1.54) is 12.1 Å². The second kappa shape index (κ2) is 5.45. The van der Waals surface area contributed by atoms with Gasteiger partial charge in [-0.05, 0) is 40.2 Å². The lowest BCUT2D eigenvalue weighted by Gasteiger charge is -1.98. The highest BCUT2D eigenvalue weighted by Gasteiger charge is 2.09. The monoisotopic (exact) mass is 344 g/mol. The number of rotatable bonds is 3. The number of pyridine rings is 1. The van der Waals surface area contributed by atoms with Gasteiger partial charge in [0.2, 0.25) is 0 Å². The number of nitro benzene ring substituents is 1. The first kappa shape index (κ1) is 13.4. The van der Waals surface area contributed by atoms with Crippen molar-refractivity contribution in [1.82, 2.24) is 15.0 Å². The molecule has 0 fully saturated rings. The highest BCUT2D eigenvalue weighted by Crippen LogP contribution is 2.23. The molecule has 3 aromatic rings. The van der Waals surface area contributed by atoms with Gasteiger partial charge in [-0.2, -0.15) is 0 Å². The Bertz CT molecular complexity index is 799. The van der Waals surface area contributed by atoms with Crippen LogP contribution in [0.1, 0.15) is 0 Å². The Labute approximate surface area is 128 Å². The summed E-state index contributed by atoms with van der Waals surface area (Å²) in [5.41, 5.74) is 2.39. The molecule has 0 atom stereocenters. The maximum atomic E-state index is 10.6. The smallest absolute Gasteiger partial charge is 0.269 e. The average molecular weight is 345 g/mol. The van der Waals surface area contributed by atoms with E-state index in [4.69, 9.17) is 0 Å². The molecule has 7 heteroatoms. The molecule has 21 heavy (non-hydrogen) atoms. The first-order valence-corrected chi connectivity index (χ1v) is 6.85. The first-order valence-electron chi connectivity index (χ1n) is 6.06. The van der Waals surface area contributed by atoms with Gasteiger partial charge in [0.15, 0.2) is 5.82 Å². The van der Waals surface area contributed by atoms with Crippen LogP contribution in [0.15, 0.2) is 53.3 Å². The van der Waals surface area contributed by atoms with Gasteiger partial charge in [-0.3, -0.25) is 10.1 Å². The Kier molecular flexibility index (Phi) is 3.49. The maximum absolute atomic E-state index is 10.6. The van der Waals surface area contributed by atoms with Gasteiger partial charge in [0.05, 0.1) is 16.8 Å². The van der Waals surface area contributed by atoms with E-state index in [0.29, 0.717) is 5.82 Å². The fraction of sp³-hybridized carbons (Fsp3) is 0. The number of aromatic amines is 1. The second-order valence-corrected chi connectivity index (χ2v) is 5.11. The van der Waals surface area contributed by atoms with Gasteiger partial charge in [0.25, 0.3) is 5.69 Å². The highest BCUT2D eigenvalue weighted by atomic mass is 79.9. The Hall–Kier alpha value is -2.54. The number of imidazole rings is 1. The standard InChI is InChI=1S/C14H9BrN4O2/c15-13-3-1-2-11(17-13)14-16-8-12(18-14)9-4-6-10(7-5-9)19(20)21/h1-8H,(H,16,18). The lowest BCUT2D eigenvalue weighted by molar-refractivity contribution is -0.384. The summed E-state index contributed by atoms with van der Waals surface area (Å²) in [6.07, 6.45) is 1.68. The molecule has 0 saturated carbocycles. The van der Waals surface area contributed by atoms with Crippen molar-refractivity contribution in [1.29, 1.82) is 0 Å². The fourth-order valence-electron chi connectivity index (χ4n) is 1.90. The maximum Gasteiger partial charge on any atom is 0.269 e. The Morgan fingerprint density at radius 3 is 2.57 bits per heavy atom. The van der Waals surface area contributed by atoms with Crippen LogP contribution in [-0.4, -0.2) is 19.9 Å². The van der Waals surface area contributed by atoms with Crippen molar-refractivity contribution in [2.75, 3.05) is 0 Å². The van der Waals surface area contributed by atoms with Crippen molar-refractivity contribution in [2.24, 2.45) is 0 Å². The van der Waals surface area contributed by atoms with Crippen molar-refractivity contribution in [3.63, 3.8) is 0 Å². The number of H-pyrrole nitrogens is 1. The van der Waals surface area contributed by atoms with Gasteiger partial charge >= 0.3 is 0 Å². The van der Waals surface area contributed by atoms with Crippen molar-refractivity contribution in [3.8, 4) is 22.8 Å². The zero-order valence-corrected chi connectivity index (χ0v) is 12.2. The van der Waals surface area contributed by atoms with Gasteiger partial charge in [0, 0.05) is 17.7 Å². The summed E-state index contributed by atoms with van der Waals surface area (Å²) in [5, 5.41) is 10.6. The summed E-state index contributed by atoms with van der Waals surface area (Å²) >= 11 is 3.32. The number of hydrogen-bond acceptors (Lipinski definition) is 4. The van der Waals surface area contributed by atoms with Crippen molar-refractivity contribution >= 4 is 21.6 Å². The molecule has 1 N–H and O–H groups in total. The topological polar surface area (TPSA) is 84.7 Å². The number of benzene rings is 1. The fourth-order valence-corrected chi connectivity index (χ4v) is 2.24. The number of nitrogens with one attached hydrogen (secondary N) is 1. The number of non-ortho nitro benzene ring substituents is 1. The number of nitro groups is 1. The molecule has 2 heterocycles. The summed E-state index contributed by atoms with van der Waals surface area (Å²) in [7, 11) is 0. The predicted molar refractivity (Wildman–Crippen MR) is 81.6 cm³/mol. The second-order valence-electron chi connectivity index (χ2n) is 4.30. The number of hydrogen-bond donors (Lipinski definition) is 1. The number of halogens is 1. The van der Waals surface area contributed by atoms with Gasteiger partial charge in [0.1, 0.15) is 10.3 Å². The van der Waals surface area contributed by atoms with Crippen LogP contribution in [0, 0.1) is 10.1 Å². The molecule has 104 valence electrons. The summed E-state index contributed by atoms with van der Waals surface area (Å²) in [6.45, 7) is 0. The third-order valence-electron chi connectivity index (χ3n) is 2.92. The van der Waals surface area contributed by atoms with Gasteiger partial charge < -0.3 is 4.98 Å². The molecule has 0 aliphatic carbocycles. The lowest BCUT2D eigenvalue weighted by Crippen LogP contribution is -1.88. The van der Waals surface area contributed by atoms with E-state index in [0.717, 1.165) is 21.6 Å². The molecule has 0 aliphatic rings. The Morgan fingerprint density at radius 1 is 1.14 bits per heavy atom. The van der Waals surface area contributed by atoms with Gasteiger partial charge in [-0.15, -0.1) is 0 Å². The molecule has 1 aromatic carbocycles. The SMILES string of the molecule is O=[N+]([O-])c1ccc(-c2cnc(-c3cccc(Br)n3)[nH]2)cc1. The summed E-state index contributed by atoms with van der Waals surface area (Å²) in [5.74, 6) is 0.643. The molecule has 0 radical (unpaired) electrons. The van der Waals surface area contributed by atoms with Gasteiger partial charge in [-0.1, -0.05) is 6.07 Å². The van der Waals surface area contributed by atoms with E-state index in [2.05, 4.69) is 30.9 Å². The molecule has 0 aliphatic heterocycles. The zero-order chi connectivity index (χ0) is 14.8. The van der Waals surface area contributed by atoms with Crippen LogP contribution >= 0.6 is 15.9 Å². The van der Waals surface area contributed by atoms with Crippen LogP contribution in [0.25, 0.3) is 22.8 Å². The van der Waals surface area contributed by atoms with Gasteiger partial charge in [-0.25, -0.2) is 9.97 Å². The van der Waals surface area contributed by atoms with Crippen LogP contribution in [0.2, 0.25) is 0 Å². The minimum atomic E-state index is -0.423. The van der Waals surface area contributed by atoms with E-state index in [1.54, 1.807) is 18.3 Å². The molecular formula is C14H9BrN4O2. The summed E-state index contributed by atoms with van der Waals surface area (Å²) in [4.78, 5) is 22.0. The molecular weight excluding hydrogens is 336 g/mol. The van der Waals surface area contributed by atoms with E-state index in [-0.39, 0.29) is 5.69 Å². The van der Waals surface area contributed by atoms with Crippen LogP contribution in [0.3, 0.4) is 0 Å². The number of nitrogens with zero attached hydrogens (tertiary/aromatic N) is 3. The van der Waals surface area contributed by atoms with Crippen LogP contribution in [0.5, 0.6) is 0 Å². The minimum absolute atomic E-state index is 0.0622. The predicted octanol–water partition coefficient (Wildman–Crippen LogP) is 3.81. The van der Waals surface area contributed by atoms with Crippen molar-refractivity contribution in [3.05, 3.63) is 63.4 Å². The largest absolute Gasteiger partial charge is 0.337 e. The summed E-state index contributed by atoms with van der Waals surface area (Å²) in [6, 6.07) is 11.9. The number of aromatic nitrogens is 3.